The van der Waals surface area contributed by atoms with Crippen LogP contribution < -0.4 is 10.2 Å². The number of hydrogen-bond acceptors (Lipinski definition) is 4. The maximum absolute atomic E-state index is 13.3. The Hall–Kier alpha value is -3.28. The Morgan fingerprint density at radius 1 is 1.03 bits per heavy atom. The van der Waals surface area contributed by atoms with E-state index in [1.165, 1.54) is 23.3 Å². The fourth-order valence-corrected chi connectivity index (χ4v) is 4.86. The monoisotopic (exact) mass is 430 g/mol. The number of aryl methyl sites for hydroxylation is 1. The summed E-state index contributed by atoms with van der Waals surface area (Å²) in [4.78, 5) is 24.4. The third kappa shape index (κ3) is 4.35. The lowest BCUT2D eigenvalue weighted by Crippen LogP contribution is -2.44. The normalized spacial score (nSPS) is 20.5. The molecule has 1 aliphatic carbocycles. The zero-order valence-corrected chi connectivity index (χ0v) is 18.0. The molecule has 0 spiro atoms. The van der Waals surface area contributed by atoms with Crippen molar-refractivity contribution < 1.29 is 9.18 Å². The summed E-state index contributed by atoms with van der Waals surface area (Å²) < 4.78 is 13.3. The fourth-order valence-electron chi connectivity index (χ4n) is 4.86. The highest BCUT2D eigenvalue weighted by molar-refractivity contribution is 5.80. The molecule has 2 atom stereocenters. The molecule has 2 aliphatic rings. The predicted molar refractivity (Wildman–Crippen MR) is 123 cm³/mol. The number of fused-ring (bicyclic) bond motifs is 1. The second-order valence-corrected chi connectivity index (χ2v) is 8.68. The topological polar surface area (TPSA) is 58.1 Å². The molecule has 1 fully saturated rings. The average molecular weight is 431 g/mol. The minimum absolute atomic E-state index is 0.0675. The predicted octanol–water partition coefficient (Wildman–Crippen LogP) is 4.69. The van der Waals surface area contributed by atoms with E-state index in [1.54, 1.807) is 18.3 Å². The van der Waals surface area contributed by atoms with E-state index in [9.17, 15) is 9.18 Å². The molecule has 2 aromatic carbocycles. The highest BCUT2D eigenvalue weighted by Gasteiger charge is 2.29. The van der Waals surface area contributed by atoms with E-state index >= 15 is 0 Å². The Balaban J connectivity index is 1.28. The number of nitrogens with one attached hydrogen (secondary N) is 1. The van der Waals surface area contributed by atoms with E-state index < -0.39 is 0 Å². The Labute approximate surface area is 187 Å². The highest BCUT2D eigenvalue weighted by atomic mass is 19.1. The number of anilines is 1. The minimum Gasteiger partial charge on any atom is -0.356 e. The second kappa shape index (κ2) is 9.07. The molecule has 0 bridgehead atoms. The Morgan fingerprint density at radius 3 is 2.75 bits per heavy atom. The molecule has 32 heavy (non-hydrogen) atoms. The number of rotatable bonds is 4. The van der Waals surface area contributed by atoms with Gasteiger partial charge in [-0.2, -0.15) is 0 Å². The van der Waals surface area contributed by atoms with Gasteiger partial charge in [0.15, 0.2) is 5.82 Å². The molecule has 1 aromatic heterocycles. The number of aromatic nitrogens is 2. The van der Waals surface area contributed by atoms with Crippen LogP contribution in [0.3, 0.4) is 0 Å². The molecule has 3 aromatic rings. The van der Waals surface area contributed by atoms with E-state index in [-0.39, 0.29) is 23.7 Å². The first-order valence-electron chi connectivity index (χ1n) is 11.4. The Morgan fingerprint density at radius 2 is 1.88 bits per heavy atom. The van der Waals surface area contributed by atoms with Crippen LogP contribution >= 0.6 is 0 Å². The highest BCUT2D eigenvalue weighted by Crippen LogP contribution is 2.31. The molecule has 5 rings (SSSR count). The number of nitrogens with zero attached hydrogens (tertiary/aromatic N) is 3. The summed E-state index contributed by atoms with van der Waals surface area (Å²) in [7, 11) is 0. The van der Waals surface area contributed by atoms with Gasteiger partial charge in [-0.05, 0) is 73.6 Å². The first kappa shape index (κ1) is 20.6. The van der Waals surface area contributed by atoms with E-state index in [4.69, 9.17) is 4.98 Å². The van der Waals surface area contributed by atoms with Crippen LogP contribution in [0.5, 0.6) is 0 Å². The first-order chi connectivity index (χ1) is 15.7. The fraction of sp³-hybridized carbons (Fsp3) is 0.346. The zero-order valence-electron chi connectivity index (χ0n) is 18.0. The molecule has 1 aliphatic heterocycles. The largest absolute Gasteiger partial charge is 0.356 e. The van der Waals surface area contributed by atoms with Gasteiger partial charge >= 0.3 is 0 Å². The standard InChI is InChI=1S/C26H27FN4O/c27-21-12-10-19(11-13-21)25-28-15-14-24(30-25)31-16-4-7-20(17-31)26(32)29-23-9-3-6-18-5-1-2-8-22(18)23/h1-2,5,8,10-15,20,23H,3-4,6-7,9,16-17H2,(H,29,32)/t20-,23+/m1/s1. The lowest BCUT2D eigenvalue weighted by molar-refractivity contribution is -0.126. The van der Waals surface area contributed by atoms with Crippen LogP contribution in [0.2, 0.25) is 0 Å². The van der Waals surface area contributed by atoms with Crippen LogP contribution in [0.1, 0.15) is 42.9 Å². The zero-order chi connectivity index (χ0) is 21.9. The van der Waals surface area contributed by atoms with Gasteiger partial charge in [-0.15, -0.1) is 0 Å². The third-order valence-electron chi connectivity index (χ3n) is 6.55. The molecule has 0 radical (unpaired) electrons. The molecule has 1 N–H and O–H groups in total. The van der Waals surface area contributed by atoms with Crippen molar-refractivity contribution >= 4 is 11.7 Å². The van der Waals surface area contributed by atoms with Crippen molar-refractivity contribution in [3.8, 4) is 11.4 Å². The van der Waals surface area contributed by atoms with Crippen molar-refractivity contribution in [3.63, 3.8) is 0 Å². The maximum atomic E-state index is 13.3. The van der Waals surface area contributed by atoms with Gasteiger partial charge in [-0.25, -0.2) is 14.4 Å². The number of halogens is 1. The average Bonchev–Trinajstić information content (AvgIpc) is 2.85. The molecular weight excluding hydrogens is 403 g/mol. The summed E-state index contributed by atoms with van der Waals surface area (Å²) in [6, 6.07) is 16.6. The van der Waals surface area contributed by atoms with Crippen LogP contribution in [0.25, 0.3) is 11.4 Å². The van der Waals surface area contributed by atoms with Crippen LogP contribution in [0, 0.1) is 11.7 Å². The van der Waals surface area contributed by atoms with Crippen molar-refractivity contribution in [1.82, 2.24) is 15.3 Å². The molecule has 1 amide bonds. The van der Waals surface area contributed by atoms with Crippen LogP contribution in [-0.4, -0.2) is 29.0 Å². The number of piperidine rings is 1. The van der Waals surface area contributed by atoms with Gasteiger partial charge in [0.25, 0.3) is 0 Å². The molecule has 164 valence electrons. The molecule has 0 unspecified atom stereocenters. The molecule has 6 heteroatoms. The summed E-state index contributed by atoms with van der Waals surface area (Å²) in [6.45, 7) is 1.50. The van der Waals surface area contributed by atoms with Gasteiger partial charge in [0.05, 0.1) is 12.0 Å². The summed E-state index contributed by atoms with van der Waals surface area (Å²) in [5.74, 6) is 1.15. The first-order valence-corrected chi connectivity index (χ1v) is 11.4. The van der Waals surface area contributed by atoms with E-state index in [0.717, 1.165) is 50.0 Å². The van der Waals surface area contributed by atoms with Gasteiger partial charge in [0, 0.05) is 24.8 Å². The molecule has 2 heterocycles. The van der Waals surface area contributed by atoms with Gasteiger partial charge in [-0.1, -0.05) is 24.3 Å². The summed E-state index contributed by atoms with van der Waals surface area (Å²) in [6.07, 6.45) is 6.73. The quantitative estimate of drug-likeness (QED) is 0.652. The van der Waals surface area contributed by atoms with E-state index in [2.05, 4.69) is 39.5 Å². The number of benzene rings is 2. The third-order valence-corrected chi connectivity index (χ3v) is 6.55. The van der Waals surface area contributed by atoms with Crippen LogP contribution in [-0.2, 0) is 11.2 Å². The smallest absolute Gasteiger partial charge is 0.225 e. The van der Waals surface area contributed by atoms with E-state index in [0.29, 0.717) is 12.4 Å². The maximum Gasteiger partial charge on any atom is 0.225 e. The van der Waals surface area contributed by atoms with Crippen LogP contribution in [0.15, 0.2) is 60.8 Å². The number of hydrogen-bond donors (Lipinski definition) is 1. The lowest BCUT2D eigenvalue weighted by Gasteiger charge is -2.34. The van der Waals surface area contributed by atoms with Crippen molar-refractivity contribution in [2.75, 3.05) is 18.0 Å². The summed E-state index contributed by atoms with van der Waals surface area (Å²) in [5.41, 5.74) is 3.39. The lowest BCUT2D eigenvalue weighted by atomic mass is 9.87. The molecule has 5 nitrogen and oxygen atoms in total. The van der Waals surface area contributed by atoms with Gasteiger partial charge in [-0.3, -0.25) is 4.79 Å². The number of carbonyl (C=O) groups is 1. The van der Waals surface area contributed by atoms with Gasteiger partial charge in [0.1, 0.15) is 11.6 Å². The number of carbonyl (C=O) groups excluding carboxylic acids is 1. The van der Waals surface area contributed by atoms with Gasteiger partial charge in [0.2, 0.25) is 5.91 Å². The van der Waals surface area contributed by atoms with E-state index in [1.807, 2.05) is 6.07 Å². The van der Waals surface area contributed by atoms with Crippen LogP contribution in [0.4, 0.5) is 10.2 Å². The molecular formula is C26H27FN4O. The second-order valence-electron chi connectivity index (χ2n) is 8.68. The number of amides is 1. The van der Waals surface area contributed by atoms with Crippen molar-refractivity contribution in [1.29, 1.82) is 0 Å². The summed E-state index contributed by atoms with van der Waals surface area (Å²) >= 11 is 0. The van der Waals surface area contributed by atoms with Crippen molar-refractivity contribution in [2.45, 2.75) is 38.1 Å². The molecule has 1 saturated heterocycles. The Bertz CT molecular complexity index is 1100. The SMILES string of the molecule is O=C(N[C@H]1CCCc2ccccc21)[C@@H]1CCCN(c2ccnc(-c3ccc(F)cc3)n2)C1. The summed E-state index contributed by atoms with van der Waals surface area (Å²) in [5, 5.41) is 3.33. The van der Waals surface area contributed by atoms with Gasteiger partial charge < -0.3 is 10.2 Å². The minimum atomic E-state index is -0.282. The van der Waals surface area contributed by atoms with Crippen molar-refractivity contribution in [2.24, 2.45) is 5.92 Å². The Kier molecular flexibility index (Phi) is 5.84. The molecule has 0 saturated carbocycles. The van der Waals surface area contributed by atoms with Crippen molar-refractivity contribution in [3.05, 3.63) is 77.7 Å².